The van der Waals surface area contributed by atoms with Crippen molar-refractivity contribution in [1.82, 2.24) is 25.3 Å². The summed E-state index contributed by atoms with van der Waals surface area (Å²) in [6, 6.07) is 15.0. The van der Waals surface area contributed by atoms with Gasteiger partial charge in [0.05, 0.1) is 6.04 Å². The fourth-order valence-electron chi connectivity index (χ4n) is 3.09. The summed E-state index contributed by atoms with van der Waals surface area (Å²) in [5.74, 6) is -1.35. The molecule has 2 aromatic carbocycles. The first-order valence-electron chi connectivity index (χ1n) is 9.22. The van der Waals surface area contributed by atoms with Crippen LogP contribution < -0.4 is 5.32 Å². The van der Waals surface area contributed by atoms with Crippen LogP contribution in [0.4, 0.5) is 8.78 Å². The van der Waals surface area contributed by atoms with E-state index in [1.165, 1.54) is 22.9 Å². The van der Waals surface area contributed by atoms with Crippen molar-refractivity contribution in [2.24, 2.45) is 0 Å². The normalized spacial score (nSPS) is 11.8. The fraction of sp³-hybridized carbons (Fsp3) is 0.0909. The topological polar surface area (TPSA) is 72.7 Å². The van der Waals surface area contributed by atoms with Crippen LogP contribution in [0.15, 0.2) is 73.1 Å². The molecule has 0 aliphatic rings. The van der Waals surface area contributed by atoms with Gasteiger partial charge in [0.15, 0.2) is 5.69 Å². The maximum absolute atomic E-state index is 14.4. The number of halogens is 2. The van der Waals surface area contributed by atoms with Crippen molar-refractivity contribution in [2.75, 3.05) is 0 Å². The first kappa shape index (κ1) is 19.4. The predicted octanol–water partition coefficient (Wildman–Crippen LogP) is 4.10. The van der Waals surface area contributed by atoms with Gasteiger partial charge in [0.2, 0.25) is 0 Å². The molecule has 4 aromatic rings. The van der Waals surface area contributed by atoms with Gasteiger partial charge >= 0.3 is 0 Å². The molecular weight excluding hydrogens is 388 g/mol. The molecule has 0 spiro atoms. The third kappa shape index (κ3) is 3.80. The van der Waals surface area contributed by atoms with Crippen LogP contribution in [0.1, 0.15) is 29.0 Å². The monoisotopic (exact) mass is 405 g/mol. The highest BCUT2D eigenvalue weighted by Crippen LogP contribution is 2.26. The van der Waals surface area contributed by atoms with E-state index in [9.17, 15) is 13.6 Å². The highest BCUT2D eigenvalue weighted by atomic mass is 19.1. The van der Waals surface area contributed by atoms with Crippen LogP contribution in [0.5, 0.6) is 0 Å². The van der Waals surface area contributed by atoms with Gasteiger partial charge in [-0.15, -0.1) is 5.10 Å². The Morgan fingerprint density at radius 1 is 1.03 bits per heavy atom. The van der Waals surface area contributed by atoms with E-state index in [1.54, 1.807) is 61.8 Å². The SMILES string of the molecule is CC(NC(=O)c1nnn(-c2ccccc2F)c1-c1cccnc1)c1ccc(F)cc1. The minimum Gasteiger partial charge on any atom is -0.344 e. The Bertz CT molecular complexity index is 1180. The maximum Gasteiger partial charge on any atom is 0.274 e. The largest absolute Gasteiger partial charge is 0.344 e. The number of pyridine rings is 1. The Balaban J connectivity index is 1.74. The quantitative estimate of drug-likeness (QED) is 0.543. The zero-order valence-electron chi connectivity index (χ0n) is 16.0. The van der Waals surface area contributed by atoms with Crippen molar-refractivity contribution in [2.45, 2.75) is 13.0 Å². The molecule has 4 rings (SSSR count). The lowest BCUT2D eigenvalue weighted by molar-refractivity contribution is 0.0935. The van der Waals surface area contributed by atoms with Gasteiger partial charge in [-0.3, -0.25) is 9.78 Å². The van der Waals surface area contributed by atoms with E-state index < -0.39 is 17.8 Å². The van der Waals surface area contributed by atoms with Gasteiger partial charge in [0, 0.05) is 18.0 Å². The standard InChI is InChI=1S/C22H17F2N5O/c1-14(15-8-10-17(23)11-9-15)26-22(30)20-21(16-5-4-12-25-13-16)29(28-27-20)19-7-3-2-6-18(19)24/h2-14H,1H3,(H,26,30). The number of para-hydroxylation sites is 1. The molecule has 0 saturated carbocycles. The number of carbonyl (C=O) groups is 1. The third-order valence-corrected chi connectivity index (χ3v) is 4.62. The van der Waals surface area contributed by atoms with Gasteiger partial charge in [-0.1, -0.05) is 29.5 Å². The van der Waals surface area contributed by atoms with Crippen molar-refractivity contribution in [3.8, 4) is 16.9 Å². The van der Waals surface area contributed by atoms with Gasteiger partial charge < -0.3 is 5.32 Å². The molecule has 0 bridgehead atoms. The summed E-state index contributed by atoms with van der Waals surface area (Å²) in [6.07, 6.45) is 3.15. The molecule has 0 fully saturated rings. The van der Waals surface area contributed by atoms with Gasteiger partial charge in [-0.05, 0) is 48.9 Å². The number of carbonyl (C=O) groups excluding carboxylic acids is 1. The van der Waals surface area contributed by atoms with Crippen LogP contribution in [-0.4, -0.2) is 25.9 Å². The summed E-state index contributed by atoms with van der Waals surface area (Å²) in [5, 5.41) is 10.9. The van der Waals surface area contributed by atoms with Crippen LogP contribution in [-0.2, 0) is 0 Å². The number of nitrogens with one attached hydrogen (secondary N) is 1. The number of nitrogens with zero attached hydrogens (tertiary/aromatic N) is 4. The van der Waals surface area contributed by atoms with Gasteiger partial charge in [-0.25, -0.2) is 13.5 Å². The highest BCUT2D eigenvalue weighted by Gasteiger charge is 2.24. The summed E-state index contributed by atoms with van der Waals surface area (Å²) in [6.45, 7) is 1.77. The molecule has 30 heavy (non-hydrogen) atoms. The average molecular weight is 405 g/mol. The minimum absolute atomic E-state index is 0.0280. The molecule has 0 aliphatic heterocycles. The molecule has 0 aliphatic carbocycles. The summed E-state index contributed by atoms with van der Waals surface area (Å²) in [4.78, 5) is 17.1. The van der Waals surface area contributed by atoms with E-state index in [-0.39, 0.29) is 17.2 Å². The zero-order chi connectivity index (χ0) is 21.1. The fourth-order valence-corrected chi connectivity index (χ4v) is 3.09. The number of benzene rings is 2. The Morgan fingerprint density at radius 3 is 2.50 bits per heavy atom. The number of hydrogen-bond donors (Lipinski definition) is 1. The summed E-state index contributed by atoms with van der Waals surface area (Å²) in [5.41, 5.74) is 1.80. The molecule has 0 saturated heterocycles. The van der Waals surface area contributed by atoms with Crippen molar-refractivity contribution in [3.63, 3.8) is 0 Å². The first-order valence-corrected chi connectivity index (χ1v) is 9.22. The molecular formula is C22H17F2N5O. The van der Waals surface area contributed by atoms with E-state index in [0.29, 0.717) is 11.3 Å². The van der Waals surface area contributed by atoms with E-state index in [4.69, 9.17) is 0 Å². The van der Waals surface area contributed by atoms with Crippen LogP contribution in [0.25, 0.3) is 16.9 Å². The van der Waals surface area contributed by atoms with Crippen LogP contribution in [0, 0.1) is 11.6 Å². The number of amides is 1. The second-order valence-electron chi connectivity index (χ2n) is 6.64. The van der Waals surface area contributed by atoms with E-state index in [1.807, 2.05) is 0 Å². The second kappa shape index (κ2) is 8.20. The summed E-state index contributed by atoms with van der Waals surface area (Å²) in [7, 11) is 0. The smallest absolute Gasteiger partial charge is 0.274 e. The molecule has 1 atom stereocenters. The molecule has 150 valence electrons. The van der Waals surface area contributed by atoms with Gasteiger partial charge in [0.25, 0.3) is 5.91 Å². The first-order chi connectivity index (χ1) is 14.5. The average Bonchev–Trinajstić information content (AvgIpc) is 3.20. The van der Waals surface area contributed by atoms with E-state index in [2.05, 4.69) is 20.6 Å². The highest BCUT2D eigenvalue weighted by molar-refractivity contribution is 5.98. The van der Waals surface area contributed by atoms with Crippen molar-refractivity contribution >= 4 is 5.91 Å². The zero-order valence-corrected chi connectivity index (χ0v) is 16.0. The molecule has 8 heteroatoms. The summed E-state index contributed by atoms with van der Waals surface area (Å²) < 4.78 is 28.9. The molecule has 1 N–H and O–H groups in total. The summed E-state index contributed by atoms with van der Waals surface area (Å²) >= 11 is 0. The van der Waals surface area contributed by atoms with Crippen LogP contribution >= 0.6 is 0 Å². The molecule has 2 aromatic heterocycles. The number of rotatable bonds is 5. The Morgan fingerprint density at radius 2 is 1.80 bits per heavy atom. The molecule has 0 radical (unpaired) electrons. The third-order valence-electron chi connectivity index (χ3n) is 4.62. The van der Waals surface area contributed by atoms with E-state index >= 15 is 0 Å². The van der Waals surface area contributed by atoms with Gasteiger partial charge in [0.1, 0.15) is 23.0 Å². The van der Waals surface area contributed by atoms with Gasteiger partial charge in [-0.2, -0.15) is 0 Å². The van der Waals surface area contributed by atoms with E-state index in [0.717, 1.165) is 5.56 Å². The maximum atomic E-state index is 14.4. The predicted molar refractivity (Wildman–Crippen MR) is 107 cm³/mol. The Kier molecular flexibility index (Phi) is 5.30. The molecule has 1 unspecified atom stereocenters. The molecule has 2 heterocycles. The second-order valence-corrected chi connectivity index (χ2v) is 6.64. The Hall–Kier alpha value is -3.94. The van der Waals surface area contributed by atoms with Crippen molar-refractivity contribution in [3.05, 3.63) is 95.9 Å². The lowest BCUT2D eigenvalue weighted by Gasteiger charge is -2.14. The van der Waals surface area contributed by atoms with Crippen molar-refractivity contribution in [1.29, 1.82) is 0 Å². The lowest BCUT2D eigenvalue weighted by Crippen LogP contribution is -2.27. The van der Waals surface area contributed by atoms with Crippen molar-refractivity contribution < 1.29 is 13.6 Å². The minimum atomic E-state index is -0.501. The lowest BCUT2D eigenvalue weighted by atomic mass is 10.1. The number of hydrogen-bond acceptors (Lipinski definition) is 4. The number of aromatic nitrogens is 4. The molecule has 1 amide bonds. The van der Waals surface area contributed by atoms with Crippen LogP contribution in [0.2, 0.25) is 0 Å². The Labute approximate surface area is 171 Å². The molecule has 6 nitrogen and oxygen atoms in total. The van der Waals surface area contributed by atoms with Crippen LogP contribution in [0.3, 0.4) is 0 Å².